The summed E-state index contributed by atoms with van der Waals surface area (Å²) in [5, 5.41) is 0. The molecule has 0 saturated carbocycles. The smallest absolute Gasteiger partial charge is 0.151 e. The van der Waals surface area contributed by atoms with Crippen LogP contribution in [0.25, 0.3) is 0 Å². The first-order valence-electron chi connectivity index (χ1n) is 8.23. The average molecular weight is 287 g/mol. The van der Waals surface area contributed by atoms with Crippen LogP contribution in [0.1, 0.15) is 45.6 Å². The summed E-state index contributed by atoms with van der Waals surface area (Å²) in [6, 6.07) is 10.1. The Morgan fingerprint density at radius 2 is 1.86 bits per heavy atom. The normalized spacial score (nSPS) is 21.0. The molecule has 1 atom stereocenters. The topological polar surface area (TPSA) is 20.3 Å². The summed E-state index contributed by atoms with van der Waals surface area (Å²) in [4.78, 5) is 14.6. The molecule has 2 nitrogen and oxygen atoms in total. The molecule has 1 aliphatic heterocycles. The predicted molar refractivity (Wildman–Crippen MR) is 88.4 cm³/mol. The number of hydrogen-bond donors (Lipinski definition) is 0. The maximum Gasteiger partial charge on any atom is 0.151 e. The molecule has 1 aromatic carbocycles. The van der Waals surface area contributed by atoms with Crippen molar-refractivity contribution in [3.8, 4) is 0 Å². The minimum absolute atomic E-state index is 0.343. The van der Waals surface area contributed by atoms with E-state index in [9.17, 15) is 4.79 Å². The Kier molecular flexibility index (Phi) is 5.58. The van der Waals surface area contributed by atoms with Crippen molar-refractivity contribution < 1.29 is 4.79 Å². The van der Waals surface area contributed by atoms with Gasteiger partial charge in [-0.2, -0.15) is 0 Å². The highest BCUT2D eigenvalue weighted by Crippen LogP contribution is 2.34. The van der Waals surface area contributed by atoms with Gasteiger partial charge >= 0.3 is 0 Å². The highest BCUT2D eigenvalue weighted by Gasteiger charge is 2.27. The van der Waals surface area contributed by atoms with Crippen LogP contribution in [0.3, 0.4) is 0 Å². The molecule has 0 bridgehead atoms. The Balaban J connectivity index is 1.82. The minimum Gasteiger partial charge on any atom is -0.298 e. The SMILES string of the molecule is CC(C)(C)C1CCCN(CC(=O)Cc2ccccc2)CC1. The summed E-state index contributed by atoms with van der Waals surface area (Å²) in [5.74, 6) is 1.13. The van der Waals surface area contributed by atoms with Crippen LogP contribution in [0.15, 0.2) is 30.3 Å². The van der Waals surface area contributed by atoms with E-state index in [1.54, 1.807) is 0 Å². The van der Waals surface area contributed by atoms with Crippen LogP contribution in [0.5, 0.6) is 0 Å². The Hall–Kier alpha value is -1.15. The first-order valence-corrected chi connectivity index (χ1v) is 8.23. The quantitative estimate of drug-likeness (QED) is 0.836. The Labute approximate surface area is 129 Å². The second-order valence-corrected chi connectivity index (χ2v) is 7.47. The van der Waals surface area contributed by atoms with E-state index in [4.69, 9.17) is 0 Å². The highest BCUT2D eigenvalue weighted by atomic mass is 16.1. The summed E-state index contributed by atoms with van der Waals surface area (Å²) in [6.07, 6.45) is 4.32. The van der Waals surface area contributed by atoms with Gasteiger partial charge in [0.1, 0.15) is 0 Å². The van der Waals surface area contributed by atoms with Gasteiger partial charge in [-0.25, -0.2) is 0 Å². The number of carbonyl (C=O) groups is 1. The van der Waals surface area contributed by atoms with Gasteiger partial charge in [0.15, 0.2) is 5.78 Å². The van der Waals surface area contributed by atoms with Crippen LogP contribution in [0.4, 0.5) is 0 Å². The van der Waals surface area contributed by atoms with Crippen molar-refractivity contribution >= 4 is 5.78 Å². The van der Waals surface area contributed by atoms with Crippen LogP contribution in [-0.4, -0.2) is 30.3 Å². The number of likely N-dealkylation sites (tertiary alicyclic amines) is 1. The van der Waals surface area contributed by atoms with E-state index < -0.39 is 0 Å². The average Bonchev–Trinajstić information content (AvgIpc) is 2.65. The van der Waals surface area contributed by atoms with E-state index in [0.717, 1.165) is 24.6 Å². The number of carbonyl (C=O) groups excluding carboxylic acids is 1. The van der Waals surface area contributed by atoms with Gasteiger partial charge in [-0.1, -0.05) is 51.1 Å². The molecule has 2 rings (SSSR count). The molecule has 0 N–H and O–H groups in total. The zero-order valence-corrected chi connectivity index (χ0v) is 13.8. The van der Waals surface area contributed by atoms with Crippen molar-refractivity contribution in [1.29, 1.82) is 0 Å². The van der Waals surface area contributed by atoms with Crippen LogP contribution >= 0.6 is 0 Å². The third kappa shape index (κ3) is 5.28. The standard InChI is InChI=1S/C19H29NO/c1-19(2,3)17-10-7-12-20(13-11-17)15-18(21)14-16-8-5-4-6-9-16/h4-6,8-9,17H,7,10-15H2,1-3H3. The molecule has 1 aromatic rings. The first-order chi connectivity index (χ1) is 9.95. The maximum atomic E-state index is 12.2. The molecule has 2 heteroatoms. The molecule has 0 radical (unpaired) electrons. The molecule has 116 valence electrons. The lowest BCUT2D eigenvalue weighted by molar-refractivity contribution is -0.119. The van der Waals surface area contributed by atoms with Gasteiger partial charge in [0.2, 0.25) is 0 Å². The van der Waals surface area contributed by atoms with Crippen molar-refractivity contribution in [3.05, 3.63) is 35.9 Å². The van der Waals surface area contributed by atoms with Crippen molar-refractivity contribution in [1.82, 2.24) is 4.90 Å². The lowest BCUT2D eigenvalue weighted by Gasteiger charge is -2.29. The molecule has 0 aromatic heterocycles. The molecule has 1 heterocycles. The second kappa shape index (κ2) is 7.22. The van der Waals surface area contributed by atoms with Crippen LogP contribution < -0.4 is 0 Å². The van der Waals surface area contributed by atoms with Crippen molar-refractivity contribution in [3.63, 3.8) is 0 Å². The molecule has 0 aliphatic carbocycles. The fourth-order valence-corrected chi connectivity index (χ4v) is 3.31. The second-order valence-electron chi connectivity index (χ2n) is 7.47. The molecular formula is C19H29NO. The molecular weight excluding hydrogens is 258 g/mol. The maximum absolute atomic E-state index is 12.2. The zero-order valence-electron chi connectivity index (χ0n) is 13.8. The van der Waals surface area contributed by atoms with Gasteiger partial charge < -0.3 is 0 Å². The third-order valence-corrected chi connectivity index (χ3v) is 4.69. The summed E-state index contributed by atoms with van der Waals surface area (Å²) in [7, 11) is 0. The van der Waals surface area contributed by atoms with Gasteiger partial charge in [0.05, 0.1) is 6.54 Å². The lowest BCUT2D eigenvalue weighted by atomic mass is 9.77. The van der Waals surface area contributed by atoms with Gasteiger partial charge in [0, 0.05) is 6.42 Å². The molecule has 1 saturated heterocycles. The predicted octanol–water partition coefficient (Wildman–Crippen LogP) is 3.95. The number of rotatable bonds is 4. The fraction of sp³-hybridized carbons (Fsp3) is 0.632. The Morgan fingerprint density at radius 1 is 1.14 bits per heavy atom. The number of Topliss-reactive ketones (excluding diaryl/α,β-unsaturated/α-hetero) is 1. The van der Waals surface area contributed by atoms with Crippen LogP contribution in [-0.2, 0) is 11.2 Å². The summed E-state index contributed by atoms with van der Waals surface area (Å²) in [5.41, 5.74) is 1.52. The van der Waals surface area contributed by atoms with Gasteiger partial charge in [-0.15, -0.1) is 0 Å². The number of hydrogen-bond acceptors (Lipinski definition) is 2. The fourth-order valence-electron chi connectivity index (χ4n) is 3.31. The minimum atomic E-state index is 0.343. The highest BCUT2D eigenvalue weighted by molar-refractivity contribution is 5.82. The van der Waals surface area contributed by atoms with Crippen LogP contribution in [0.2, 0.25) is 0 Å². The van der Waals surface area contributed by atoms with E-state index in [0.29, 0.717) is 24.2 Å². The molecule has 21 heavy (non-hydrogen) atoms. The largest absolute Gasteiger partial charge is 0.298 e. The first kappa shape index (κ1) is 16.2. The van der Waals surface area contributed by atoms with Gasteiger partial charge in [-0.3, -0.25) is 9.69 Å². The zero-order chi connectivity index (χ0) is 15.3. The van der Waals surface area contributed by atoms with E-state index in [2.05, 4.69) is 25.7 Å². The number of ketones is 1. The molecule has 1 aliphatic rings. The molecule has 0 spiro atoms. The van der Waals surface area contributed by atoms with Crippen molar-refractivity contribution in [2.45, 2.75) is 46.5 Å². The Bertz CT molecular complexity index is 446. The molecule has 1 unspecified atom stereocenters. The number of nitrogens with zero attached hydrogens (tertiary/aromatic N) is 1. The summed E-state index contributed by atoms with van der Waals surface area (Å²) in [6.45, 7) is 9.79. The van der Waals surface area contributed by atoms with Crippen molar-refractivity contribution in [2.75, 3.05) is 19.6 Å². The molecule has 1 fully saturated rings. The third-order valence-electron chi connectivity index (χ3n) is 4.69. The lowest BCUT2D eigenvalue weighted by Crippen LogP contribution is -2.32. The Morgan fingerprint density at radius 3 is 2.52 bits per heavy atom. The summed E-state index contributed by atoms with van der Waals surface area (Å²) < 4.78 is 0. The monoisotopic (exact) mass is 287 g/mol. The number of benzene rings is 1. The van der Waals surface area contributed by atoms with E-state index in [1.165, 1.54) is 19.3 Å². The summed E-state index contributed by atoms with van der Waals surface area (Å²) >= 11 is 0. The van der Waals surface area contributed by atoms with Crippen molar-refractivity contribution in [2.24, 2.45) is 11.3 Å². The van der Waals surface area contributed by atoms with E-state index in [1.807, 2.05) is 30.3 Å². The van der Waals surface area contributed by atoms with E-state index >= 15 is 0 Å². The van der Waals surface area contributed by atoms with Gasteiger partial charge in [0.25, 0.3) is 0 Å². The molecule has 0 amide bonds. The van der Waals surface area contributed by atoms with Gasteiger partial charge in [-0.05, 0) is 49.2 Å². The van der Waals surface area contributed by atoms with Crippen LogP contribution in [0, 0.1) is 11.3 Å². The van der Waals surface area contributed by atoms with E-state index in [-0.39, 0.29) is 0 Å².